The largest absolute Gasteiger partial charge is 0.337 e. The average Bonchev–Trinajstić information content (AvgIpc) is 3.29. The van der Waals surface area contributed by atoms with E-state index >= 15 is 0 Å². The van der Waals surface area contributed by atoms with Gasteiger partial charge in [0.15, 0.2) is 0 Å². The van der Waals surface area contributed by atoms with E-state index in [1.54, 1.807) is 30.1 Å². The van der Waals surface area contributed by atoms with Crippen molar-refractivity contribution in [1.82, 2.24) is 19.9 Å². The van der Waals surface area contributed by atoms with Gasteiger partial charge in [-0.25, -0.2) is 4.39 Å². The van der Waals surface area contributed by atoms with Gasteiger partial charge >= 0.3 is 0 Å². The first kappa shape index (κ1) is 22.0. The van der Waals surface area contributed by atoms with Gasteiger partial charge in [0.05, 0.1) is 6.54 Å². The van der Waals surface area contributed by atoms with Gasteiger partial charge in [0.2, 0.25) is 17.6 Å². The summed E-state index contributed by atoms with van der Waals surface area (Å²) in [4.78, 5) is 33.2. The van der Waals surface area contributed by atoms with Gasteiger partial charge < -0.3 is 14.3 Å². The number of amides is 2. The lowest BCUT2D eigenvalue weighted by Crippen LogP contribution is -2.45. The fraction of sp³-hybridized carbons (Fsp3) is 0.304. The second-order valence-electron chi connectivity index (χ2n) is 7.73. The van der Waals surface area contributed by atoms with Crippen molar-refractivity contribution in [2.75, 3.05) is 20.1 Å². The maximum absolute atomic E-state index is 13.1. The number of hydrogen-bond acceptors (Lipinski definition) is 5. The molecule has 0 bridgehead atoms. The maximum atomic E-state index is 13.1. The summed E-state index contributed by atoms with van der Waals surface area (Å²) >= 11 is 6.05. The Kier molecular flexibility index (Phi) is 6.50. The molecule has 1 aliphatic heterocycles. The lowest BCUT2D eigenvalue weighted by atomic mass is 10.0. The van der Waals surface area contributed by atoms with Gasteiger partial charge in [-0.05, 0) is 55.7 Å². The topological polar surface area (TPSA) is 79.5 Å². The van der Waals surface area contributed by atoms with E-state index in [4.69, 9.17) is 16.1 Å². The number of likely N-dealkylation sites (N-methyl/N-ethyl adjacent to an activating group) is 1. The van der Waals surface area contributed by atoms with E-state index in [9.17, 15) is 14.0 Å². The molecule has 0 radical (unpaired) electrons. The van der Waals surface area contributed by atoms with Gasteiger partial charge in [0.25, 0.3) is 5.91 Å². The van der Waals surface area contributed by atoms with Crippen molar-refractivity contribution >= 4 is 23.4 Å². The van der Waals surface area contributed by atoms with Crippen molar-refractivity contribution < 1.29 is 18.5 Å². The van der Waals surface area contributed by atoms with Crippen molar-refractivity contribution in [3.05, 3.63) is 70.8 Å². The molecule has 1 fully saturated rings. The van der Waals surface area contributed by atoms with Gasteiger partial charge in [-0.3, -0.25) is 9.59 Å². The van der Waals surface area contributed by atoms with E-state index in [1.165, 1.54) is 29.2 Å². The molecule has 1 aliphatic rings. The first-order valence-corrected chi connectivity index (χ1v) is 10.7. The second-order valence-corrected chi connectivity index (χ2v) is 8.17. The third-order valence-corrected chi connectivity index (χ3v) is 5.68. The molecule has 0 saturated carbocycles. The fourth-order valence-electron chi connectivity index (χ4n) is 3.78. The van der Waals surface area contributed by atoms with Gasteiger partial charge in [0, 0.05) is 29.7 Å². The third kappa shape index (κ3) is 4.80. The van der Waals surface area contributed by atoms with Crippen LogP contribution in [0.25, 0.3) is 11.4 Å². The molecule has 32 heavy (non-hydrogen) atoms. The summed E-state index contributed by atoms with van der Waals surface area (Å²) in [6.45, 7) is 0.430. The van der Waals surface area contributed by atoms with Crippen LogP contribution in [0.15, 0.2) is 53.1 Å². The molecule has 1 saturated heterocycles. The molecule has 1 aromatic heterocycles. The van der Waals surface area contributed by atoms with Crippen molar-refractivity contribution in [2.24, 2.45) is 0 Å². The zero-order valence-electron chi connectivity index (χ0n) is 17.5. The van der Waals surface area contributed by atoms with Crippen LogP contribution in [0.5, 0.6) is 0 Å². The van der Waals surface area contributed by atoms with E-state index in [0.29, 0.717) is 35.3 Å². The zero-order valence-corrected chi connectivity index (χ0v) is 18.3. The summed E-state index contributed by atoms with van der Waals surface area (Å²) in [6, 6.07) is 12.0. The Bertz CT molecular complexity index is 1120. The lowest BCUT2D eigenvalue weighted by molar-refractivity contribution is -0.136. The number of aromatic nitrogens is 2. The lowest BCUT2D eigenvalue weighted by Gasteiger charge is -2.34. The molecule has 1 unspecified atom stereocenters. The first-order valence-electron chi connectivity index (χ1n) is 10.3. The van der Waals surface area contributed by atoms with Gasteiger partial charge in [0.1, 0.15) is 11.9 Å². The molecule has 2 heterocycles. The number of piperidine rings is 1. The Morgan fingerprint density at radius 3 is 2.75 bits per heavy atom. The number of carbonyl (C=O) groups is 2. The summed E-state index contributed by atoms with van der Waals surface area (Å²) in [5.74, 6) is -0.221. The highest BCUT2D eigenvalue weighted by molar-refractivity contribution is 6.30. The Morgan fingerprint density at radius 1 is 1.22 bits per heavy atom. The molecule has 2 amide bonds. The van der Waals surface area contributed by atoms with E-state index in [2.05, 4.69) is 10.1 Å². The molecule has 0 spiro atoms. The summed E-state index contributed by atoms with van der Waals surface area (Å²) < 4.78 is 18.6. The maximum Gasteiger partial charge on any atom is 0.254 e. The van der Waals surface area contributed by atoms with E-state index in [-0.39, 0.29) is 24.4 Å². The van der Waals surface area contributed by atoms with Crippen LogP contribution in [0.1, 0.15) is 41.6 Å². The highest BCUT2D eigenvalue weighted by atomic mass is 35.5. The Labute approximate surface area is 189 Å². The van der Waals surface area contributed by atoms with Crippen LogP contribution in [-0.4, -0.2) is 51.9 Å². The number of benzene rings is 2. The van der Waals surface area contributed by atoms with Crippen molar-refractivity contribution in [3.63, 3.8) is 0 Å². The number of halogens is 2. The smallest absolute Gasteiger partial charge is 0.254 e. The van der Waals surface area contributed by atoms with Crippen molar-refractivity contribution in [2.45, 2.75) is 25.3 Å². The zero-order chi connectivity index (χ0) is 22.7. The van der Waals surface area contributed by atoms with Crippen LogP contribution in [-0.2, 0) is 4.79 Å². The monoisotopic (exact) mass is 456 g/mol. The molecule has 0 N–H and O–H groups in total. The summed E-state index contributed by atoms with van der Waals surface area (Å²) in [5, 5.41) is 4.62. The highest BCUT2D eigenvalue weighted by Gasteiger charge is 2.33. The number of carbonyl (C=O) groups excluding carboxylic acids is 2. The standard InChI is InChI=1S/C23H22ClFN4O3/c1-28(23(31)15-8-10-18(25)11-9-15)14-20(30)29-12-3-2-7-19(29)22-26-21(27-32-22)16-5-4-6-17(24)13-16/h4-6,8-11,13,19H,2-3,7,12,14H2,1H3. The number of nitrogens with zero attached hydrogens (tertiary/aromatic N) is 4. The first-order chi connectivity index (χ1) is 15.4. The van der Waals surface area contributed by atoms with Crippen LogP contribution in [0.3, 0.4) is 0 Å². The minimum atomic E-state index is -0.423. The molecule has 3 aromatic rings. The summed E-state index contributed by atoms with van der Waals surface area (Å²) in [6.07, 6.45) is 2.47. The molecule has 7 nitrogen and oxygen atoms in total. The van der Waals surface area contributed by atoms with Gasteiger partial charge in [-0.15, -0.1) is 0 Å². The molecule has 2 aromatic carbocycles. The van der Waals surface area contributed by atoms with Gasteiger partial charge in [-0.1, -0.05) is 28.9 Å². The number of rotatable bonds is 5. The fourth-order valence-corrected chi connectivity index (χ4v) is 3.97. The normalized spacial score (nSPS) is 16.1. The van der Waals surface area contributed by atoms with Crippen molar-refractivity contribution in [3.8, 4) is 11.4 Å². The van der Waals surface area contributed by atoms with E-state index in [0.717, 1.165) is 18.4 Å². The minimum absolute atomic E-state index is 0.109. The molecule has 9 heteroatoms. The van der Waals surface area contributed by atoms with Crippen LogP contribution < -0.4 is 0 Å². The predicted molar refractivity (Wildman–Crippen MR) is 116 cm³/mol. The Morgan fingerprint density at radius 2 is 2.00 bits per heavy atom. The second kappa shape index (κ2) is 9.48. The summed E-state index contributed by atoms with van der Waals surface area (Å²) in [5.41, 5.74) is 1.05. The third-order valence-electron chi connectivity index (χ3n) is 5.44. The van der Waals surface area contributed by atoms with Crippen LogP contribution >= 0.6 is 11.6 Å². The quantitative estimate of drug-likeness (QED) is 0.570. The molecular formula is C23H22ClFN4O3. The molecule has 1 atom stereocenters. The Balaban J connectivity index is 1.48. The van der Waals surface area contributed by atoms with E-state index in [1.807, 2.05) is 6.07 Å². The predicted octanol–water partition coefficient (Wildman–Crippen LogP) is 4.35. The van der Waals surface area contributed by atoms with Crippen molar-refractivity contribution in [1.29, 1.82) is 0 Å². The van der Waals surface area contributed by atoms with Crippen LogP contribution in [0, 0.1) is 5.82 Å². The molecule has 4 rings (SSSR count). The highest BCUT2D eigenvalue weighted by Crippen LogP contribution is 2.31. The number of hydrogen-bond donors (Lipinski definition) is 0. The summed E-state index contributed by atoms with van der Waals surface area (Å²) in [7, 11) is 1.55. The van der Waals surface area contributed by atoms with Crippen LogP contribution in [0.2, 0.25) is 5.02 Å². The van der Waals surface area contributed by atoms with Crippen LogP contribution in [0.4, 0.5) is 4.39 Å². The molecule has 166 valence electrons. The van der Waals surface area contributed by atoms with Gasteiger partial charge in [-0.2, -0.15) is 4.98 Å². The molecule has 0 aliphatic carbocycles. The van der Waals surface area contributed by atoms with E-state index < -0.39 is 5.82 Å². The number of likely N-dealkylation sites (tertiary alicyclic amines) is 1. The molecular weight excluding hydrogens is 435 g/mol. The Hall–Kier alpha value is -3.26. The SMILES string of the molecule is CN(CC(=O)N1CCCCC1c1nc(-c2cccc(Cl)c2)no1)C(=O)c1ccc(F)cc1. The average molecular weight is 457 g/mol. The minimum Gasteiger partial charge on any atom is -0.337 e.